The van der Waals surface area contributed by atoms with E-state index < -0.39 is 5.91 Å². The maximum Gasteiger partial charge on any atom is 0.269 e. The molecule has 3 amide bonds. The average Bonchev–Trinajstić information content (AvgIpc) is 2.67. The van der Waals surface area contributed by atoms with Gasteiger partial charge in [-0.25, -0.2) is 0 Å². The number of carbonyl (C=O) groups excluding carboxylic acids is 3. The van der Waals surface area contributed by atoms with Crippen molar-refractivity contribution in [2.24, 2.45) is 0 Å². The predicted octanol–water partition coefficient (Wildman–Crippen LogP) is 3.59. The molecule has 0 aromatic heterocycles. The number of hydrogen-bond acceptors (Lipinski definition) is 3. The van der Waals surface area contributed by atoms with Gasteiger partial charge in [0.15, 0.2) is 0 Å². The van der Waals surface area contributed by atoms with Gasteiger partial charge in [0.2, 0.25) is 5.91 Å². The number of benzene rings is 2. The van der Waals surface area contributed by atoms with Crippen molar-refractivity contribution in [1.29, 1.82) is 0 Å². The molecular formula is C21H25N3O3. The molecule has 0 atom stereocenters. The maximum atomic E-state index is 12.3. The first-order valence-electron chi connectivity index (χ1n) is 9.07. The lowest BCUT2D eigenvalue weighted by Crippen LogP contribution is -2.41. The lowest BCUT2D eigenvalue weighted by Gasteiger charge is -2.09. The van der Waals surface area contributed by atoms with Gasteiger partial charge >= 0.3 is 0 Å². The van der Waals surface area contributed by atoms with Crippen molar-refractivity contribution in [3.8, 4) is 0 Å². The third-order valence-electron chi connectivity index (χ3n) is 4.12. The van der Waals surface area contributed by atoms with E-state index in [-0.39, 0.29) is 11.8 Å². The van der Waals surface area contributed by atoms with E-state index in [1.807, 2.05) is 25.1 Å². The monoisotopic (exact) mass is 367 g/mol. The Morgan fingerprint density at radius 1 is 0.852 bits per heavy atom. The van der Waals surface area contributed by atoms with E-state index in [0.717, 1.165) is 24.8 Å². The first kappa shape index (κ1) is 20.2. The Morgan fingerprint density at radius 3 is 2.22 bits per heavy atom. The van der Waals surface area contributed by atoms with Gasteiger partial charge < -0.3 is 5.32 Å². The molecule has 0 aliphatic carbocycles. The molecule has 0 heterocycles. The van der Waals surface area contributed by atoms with Gasteiger partial charge in [-0.2, -0.15) is 0 Å². The van der Waals surface area contributed by atoms with Gasteiger partial charge in [0.1, 0.15) is 0 Å². The topological polar surface area (TPSA) is 87.3 Å². The fourth-order valence-electron chi connectivity index (χ4n) is 2.53. The van der Waals surface area contributed by atoms with Crippen LogP contribution >= 0.6 is 0 Å². The minimum absolute atomic E-state index is 0.204. The highest BCUT2D eigenvalue weighted by atomic mass is 16.2. The van der Waals surface area contributed by atoms with Gasteiger partial charge in [-0.05, 0) is 49.2 Å². The van der Waals surface area contributed by atoms with Crippen LogP contribution in [0, 0.1) is 6.92 Å². The van der Waals surface area contributed by atoms with E-state index in [1.165, 1.54) is 0 Å². The molecule has 2 aromatic carbocycles. The lowest BCUT2D eigenvalue weighted by molar-refractivity contribution is -0.121. The van der Waals surface area contributed by atoms with Crippen LogP contribution < -0.4 is 16.2 Å². The molecule has 0 aliphatic rings. The summed E-state index contributed by atoms with van der Waals surface area (Å²) in [6.45, 7) is 3.94. The number of nitrogens with one attached hydrogen (secondary N) is 3. The van der Waals surface area contributed by atoms with Crippen LogP contribution in [-0.2, 0) is 4.79 Å². The Hall–Kier alpha value is -3.15. The zero-order valence-corrected chi connectivity index (χ0v) is 15.7. The van der Waals surface area contributed by atoms with Crippen molar-refractivity contribution in [2.45, 2.75) is 39.5 Å². The second-order valence-corrected chi connectivity index (χ2v) is 6.31. The average molecular weight is 367 g/mol. The van der Waals surface area contributed by atoms with E-state index >= 15 is 0 Å². The van der Waals surface area contributed by atoms with Crippen LogP contribution in [-0.4, -0.2) is 17.7 Å². The Bertz CT molecular complexity index is 801. The number of rotatable bonds is 7. The summed E-state index contributed by atoms with van der Waals surface area (Å²) in [5.74, 6) is -0.820. The Labute approximate surface area is 159 Å². The number of hydrogen-bond donors (Lipinski definition) is 3. The van der Waals surface area contributed by atoms with Crippen LogP contribution in [0.1, 0.15) is 58.9 Å². The van der Waals surface area contributed by atoms with Crippen molar-refractivity contribution < 1.29 is 14.4 Å². The fraction of sp³-hybridized carbons (Fsp3) is 0.286. The molecule has 0 unspecified atom stereocenters. The number of carbonyl (C=O) groups is 3. The van der Waals surface area contributed by atoms with Crippen molar-refractivity contribution >= 4 is 23.4 Å². The highest BCUT2D eigenvalue weighted by Gasteiger charge is 2.10. The molecule has 0 spiro atoms. The summed E-state index contributed by atoms with van der Waals surface area (Å²) in [6, 6.07) is 13.8. The third-order valence-corrected chi connectivity index (χ3v) is 4.12. The lowest BCUT2D eigenvalue weighted by atomic mass is 10.1. The summed E-state index contributed by atoms with van der Waals surface area (Å²) in [7, 11) is 0. The molecule has 3 N–H and O–H groups in total. The zero-order chi connectivity index (χ0) is 19.6. The normalized spacial score (nSPS) is 10.1. The summed E-state index contributed by atoms with van der Waals surface area (Å²) in [5.41, 5.74) is 7.26. The molecule has 0 radical (unpaired) electrons. The molecular weight excluding hydrogens is 342 g/mol. The van der Waals surface area contributed by atoms with E-state index in [1.54, 1.807) is 30.3 Å². The van der Waals surface area contributed by atoms with Crippen molar-refractivity contribution in [3.63, 3.8) is 0 Å². The molecule has 142 valence electrons. The van der Waals surface area contributed by atoms with Crippen LogP contribution in [0.2, 0.25) is 0 Å². The van der Waals surface area contributed by atoms with Gasteiger partial charge in [-0.15, -0.1) is 0 Å². The van der Waals surface area contributed by atoms with Crippen LogP contribution in [0.25, 0.3) is 0 Å². The summed E-state index contributed by atoms with van der Waals surface area (Å²) < 4.78 is 0. The molecule has 0 bridgehead atoms. The molecule has 0 saturated carbocycles. The van der Waals surface area contributed by atoms with E-state index in [0.29, 0.717) is 23.2 Å². The van der Waals surface area contributed by atoms with Crippen molar-refractivity contribution in [2.75, 3.05) is 5.32 Å². The molecule has 2 aromatic rings. The summed E-state index contributed by atoms with van der Waals surface area (Å²) >= 11 is 0. The van der Waals surface area contributed by atoms with Gasteiger partial charge in [0, 0.05) is 23.2 Å². The first-order chi connectivity index (χ1) is 13.0. The van der Waals surface area contributed by atoms with E-state index in [4.69, 9.17) is 0 Å². The second kappa shape index (κ2) is 10.1. The summed E-state index contributed by atoms with van der Waals surface area (Å²) in [4.78, 5) is 36.0. The number of unbranched alkanes of at least 4 members (excludes halogenated alkanes) is 2. The minimum atomic E-state index is -0.407. The third kappa shape index (κ3) is 6.26. The highest BCUT2D eigenvalue weighted by Crippen LogP contribution is 2.13. The number of aryl methyl sites for hydroxylation is 1. The predicted molar refractivity (Wildman–Crippen MR) is 105 cm³/mol. The fourth-order valence-corrected chi connectivity index (χ4v) is 2.53. The standard InChI is InChI=1S/C21H25N3O3/c1-3-4-5-10-19(25)23-24-20(26)16-11-13-17(14-12-16)22-21(27)18-9-7-6-8-15(18)2/h6-9,11-14H,3-5,10H2,1-2H3,(H,22,27)(H,23,25)(H,24,26). The summed E-state index contributed by atoms with van der Waals surface area (Å²) in [5, 5.41) is 2.80. The van der Waals surface area contributed by atoms with Crippen LogP contribution in [0.3, 0.4) is 0 Å². The van der Waals surface area contributed by atoms with Crippen LogP contribution in [0.15, 0.2) is 48.5 Å². The Morgan fingerprint density at radius 2 is 1.56 bits per heavy atom. The minimum Gasteiger partial charge on any atom is -0.322 e. The van der Waals surface area contributed by atoms with E-state index in [9.17, 15) is 14.4 Å². The first-order valence-corrected chi connectivity index (χ1v) is 9.07. The molecule has 2 rings (SSSR count). The Kier molecular flexibility index (Phi) is 7.55. The molecule has 27 heavy (non-hydrogen) atoms. The SMILES string of the molecule is CCCCCC(=O)NNC(=O)c1ccc(NC(=O)c2ccccc2C)cc1. The van der Waals surface area contributed by atoms with Gasteiger partial charge in [0.05, 0.1) is 0 Å². The molecule has 0 aliphatic heterocycles. The molecule has 6 nitrogen and oxygen atoms in total. The quantitative estimate of drug-likeness (QED) is 0.516. The van der Waals surface area contributed by atoms with E-state index in [2.05, 4.69) is 23.1 Å². The van der Waals surface area contributed by atoms with Crippen LogP contribution in [0.5, 0.6) is 0 Å². The zero-order valence-electron chi connectivity index (χ0n) is 15.7. The largest absolute Gasteiger partial charge is 0.322 e. The Balaban J connectivity index is 1.87. The molecule has 0 fully saturated rings. The van der Waals surface area contributed by atoms with Gasteiger partial charge in [-0.1, -0.05) is 38.0 Å². The highest BCUT2D eigenvalue weighted by molar-refractivity contribution is 6.05. The maximum absolute atomic E-state index is 12.3. The summed E-state index contributed by atoms with van der Waals surface area (Å²) in [6.07, 6.45) is 3.20. The van der Waals surface area contributed by atoms with Crippen molar-refractivity contribution in [3.05, 3.63) is 65.2 Å². The van der Waals surface area contributed by atoms with Gasteiger partial charge in [-0.3, -0.25) is 25.2 Å². The molecule has 0 saturated heterocycles. The number of anilines is 1. The van der Waals surface area contributed by atoms with Crippen molar-refractivity contribution in [1.82, 2.24) is 10.9 Å². The molecule has 6 heteroatoms. The number of amides is 3. The van der Waals surface area contributed by atoms with Crippen LogP contribution in [0.4, 0.5) is 5.69 Å². The second-order valence-electron chi connectivity index (χ2n) is 6.31. The smallest absolute Gasteiger partial charge is 0.269 e. The van der Waals surface area contributed by atoms with Gasteiger partial charge in [0.25, 0.3) is 11.8 Å². The number of hydrazine groups is 1.